The molecule has 0 bridgehead atoms. The van der Waals surface area contributed by atoms with E-state index in [1.807, 2.05) is 0 Å². The van der Waals surface area contributed by atoms with Crippen molar-refractivity contribution >= 4 is 5.84 Å². The van der Waals surface area contributed by atoms with Crippen molar-refractivity contribution in [3.8, 4) is 0 Å². The van der Waals surface area contributed by atoms with Gasteiger partial charge in [-0.3, -0.25) is 5.41 Å². The molecule has 1 aliphatic rings. The molecule has 2 atom stereocenters. The van der Waals surface area contributed by atoms with Gasteiger partial charge >= 0.3 is 0 Å². The van der Waals surface area contributed by atoms with E-state index in [1.54, 1.807) is 0 Å². The van der Waals surface area contributed by atoms with Gasteiger partial charge in [0.15, 0.2) is 6.29 Å². The van der Waals surface area contributed by atoms with Crippen LogP contribution in [0.1, 0.15) is 6.42 Å². The van der Waals surface area contributed by atoms with Crippen molar-refractivity contribution in [2.45, 2.75) is 12.7 Å². The Morgan fingerprint density at radius 2 is 2.44 bits per heavy atom. The summed E-state index contributed by atoms with van der Waals surface area (Å²) in [6.07, 6.45) is -0.182. The maximum absolute atomic E-state index is 8.92. The first kappa shape index (κ1) is 6.51. The van der Waals surface area contributed by atoms with Crippen molar-refractivity contribution in [1.29, 1.82) is 5.41 Å². The molecule has 1 aliphatic heterocycles. The van der Waals surface area contributed by atoms with Crippen LogP contribution in [0.3, 0.4) is 0 Å². The Labute approximate surface area is 53.1 Å². The molecule has 0 aliphatic carbocycles. The molecule has 1 heterocycles. The Bertz CT molecular complexity index is 126. The van der Waals surface area contributed by atoms with E-state index in [2.05, 4.69) is 0 Å². The van der Waals surface area contributed by atoms with Crippen LogP contribution in [0.15, 0.2) is 0 Å². The van der Waals surface area contributed by atoms with Crippen molar-refractivity contribution in [2.75, 3.05) is 6.61 Å². The maximum Gasteiger partial charge on any atom is 0.164 e. The summed E-state index contributed by atoms with van der Waals surface area (Å²) in [5.74, 6) is -0.259. The fourth-order valence-corrected chi connectivity index (χ4v) is 0.884. The molecule has 1 rings (SSSR count). The summed E-state index contributed by atoms with van der Waals surface area (Å²) in [5, 5.41) is 15.9. The lowest BCUT2D eigenvalue weighted by atomic mass is 10.1. The molecule has 0 aromatic rings. The lowest BCUT2D eigenvalue weighted by Crippen LogP contribution is -2.29. The first-order chi connectivity index (χ1) is 4.22. The summed E-state index contributed by atoms with van der Waals surface area (Å²) >= 11 is 0. The molecule has 9 heavy (non-hydrogen) atoms. The van der Waals surface area contributed by atoms with Crippen molar-refractivity contribution in [1.82, 2.24) is 0 Å². The maximum atomic E-state index is 8.92. The largest absolute Gasteiger partial charge is 0.387 e. The minimum absolute atomic E-state index is 0.0139. The Balaban J connectivity index is 2.49. The predicted molar refractivity (Wildman–Crippen MR) is 32.0 cm³/mol. The molecule has 4 N–H and O–H groups in total. The molecule has 0 saturated carbocycles. The zero-order chi connectivity index (χ0) is 6.85. The zero-order valence-corrected chi connectivity index (χ0v) is 5.00. The van der Waals surface area contributed by atoms with Crippen molar-refractivity contribution in [3.05, 3.63) is 0 Å². The first-order valence-electron chi connectivity index (χ1n) is 2.85. The average Bonchev–Trinajstić information content (AvgIpc) is 2.13. The van der Waals surface area contributed by atoms with E-state index in [9.17, 15) is 0 Å². The molecule has 0 spiro atoms. The molecule has 0 radical (unpaired) electrons. The molecular formula is C5H10N2O2. The van der Waals surface area contributed by atoms with E-state index >= 15 is 0 Å². The van der Waals surface area contributed by atoms with Crippen LogP contribution in [-0.4, -0.2) is 23.8 Å². The summed E-state index contributed by atoms with van der Waals surface area (Å²) in [6, 6.07) is 0. The zero-order valence-electron chi connectivity index (χ0n) is 5.00. The third-order valence-electron chi connectivity index (χ3n) is 1.46. The molecule has 0 aromatic carbocycles. The van der Waals surface area contributed by atoms with Crippen LogP contribution in [-0.2, 0) is 4.74 Å². The van der Waals surface area contributed by atoms with Crippen molar-refractivity contribution in [2.24, 2.45) is 11.7 Å². The number of hydrogen-bond acceptors (Lipinski definition) is 3. The van der Waals surface area contributed by atoms with E-state index < -0.39 is 6.29 Å². The van der Waals surface area contributed by atoms with Gasteiger partial charge < -0.3 is 15.6 Å². The second-order valence-electron chi connectivity index (χ2n) is 2.11. The molecule has 1 fully saturated rings. The second kappa shape index (κ2) is 2.33. The van der Waals surface area contributed by atoms with Crippen LogP contribution in [0.5, 0.6) is 0 Å². The summed E-state index contributed by atoms with van der Waals surface area (Å²) in [5.41, 5.74) is 5.13. The van der Waals surface area contributed by atoms with Crippen LogP contribution < -0.4 is 5.73 Å². The monoisotopic (exact) mass is 130 g/mol. The Morgan fingerprint density at radius 3 is 2.67 bits per heavy atom. The molecule has 52 valence electrons. The average molecular weight is 130 g/mol. The van der Waals surface area contributed by atoms with Gasteiger partial charge in [0.05, 0.1) is 18.4 Å². The standard InChI is InChI=1S/C5H10N2O2/c6-4(7)3-1-2-9-5(3)8/h3,5,8H,1-2H2,(H3,6,7). The van der Waals surface area contributed by atoms with E-state index in [0.29, 0.717) is 13.0 Å². The highest BCUT2D eigenvalue weighted by atomic mass is 16.6. The highest BCUT2D eigenvalue weighted by molar-refractivity contribution is 5.80. The van der Waals surface area contributed by atoms with Gasteiger partial charge in [-0.05, 0) is 6.42 Å². The van der Waals surface area contributed by atoms with E-state index in [1.165, 1.54) is 0 Å². The molecular weight excluding hydrogens is 120 g/mol. The topological polar surface area (TPSA) is 79.3 Å². The highest BCUT2D eigenvalue weighted by Gasteiger charge is 2.28. The van der Waals surface area contributed by atoms with Crippen LogP contribution in [0.2, 0.25) is 0 Å². The van der Waals surface area contributed by atoms with E-state index in [-0.39, 0.29) is 11.8 Å². The number of nitrogens with one attached hydrogen (secondary N) is 1. The Hall–Kier alpha value is -0.610. The summed E-state index contributed by atoms with van der Waals surface area (Å²) in [6.45, 7) is 0.505. The smallest absolute Gasteiger partial charge is 0.164 e. The number of ether oxygens (including phenoxy) is 1. The third-order valence-corrected chi connectivity index (χ3v) is 1.46. The molecule has 4 nitrogen and oxygen atoms in total. The van der Waals surface area contributed by atoms with Gasteiger partial charge in [0.1, 0.15) is 0 Å². The highest BCUT2D eigenvalue weighted by Crippen LogP contribution is 2.17. The predicted octanol–water partition coefficient (Wildman–Crippen LogP) is -0.723. The third kappa shape index (κ3) is 1.20. The number of hydrogen-bond donors (Lipinski definition) is 3. The molecule has 2 unspecified atom stereocenters. The minimum Gasteiger partial charge on any atom is -0.387 e. The number of amidine groups is 1. The van der Waals surface area contributed by atoms with Gasteiger partial charge in [0.25, 0.3) is 0 Å². The van der Waals surface area contributed by atoms with Gasteiger partial charge in [-0.2, -0.15) is 0 Å². The van der Waals surface area contributed by atoms with E-state index in [0.717, 1.165) is 0 Å². The molecule has 0 amide bonds. The van der Waals surface area contributed by atoms with Crippen molar-refractivity contribution in [3.63, 3.8) is 0 Å². The molecule has 4 heteroatoms. The Morgan fingerprint density at radius 1 is 1.78 bits per heavy atom. The van der Waals surface area contributed by atoms with Gasteiger partial charge in [0, 0.05) is 0 Å². The fraction of sp³-hybridized carbons (Fsp3) is 0.800. The van der Waals surface area contributed by atoms with Crippen LogP contribution in [0.25, 0.3) is 0 Å². The van der Waals surface area contributed by atoms with Gasteiger partial charge in [-0.15, -0.1) is 0 Å². The van der Waals surface area contributed by atoms with Crippen molar-refractivity contribution < 1.29 is 9.84 Å². The Kier molecular flexibility index (Phi) is 1.68. The quantitative estimate of drug-likeness (QED) is 0.323. The van der Waals surface area contributed by atoms with Gasteiger partial charge in [-0.1, -0.05) is 0 Å². The number of aliphatic hydroxyl groups excluding tert-OH is 1. The first-order valence-corrected chi connectivity index (χ1v) is 2.85. The van der Waals surface area contributed by atoms with Crippen LogP contribution in [0.4, 0.5) is 0 Å². The lowest BCUT2D eigenvalue weighted by Gasteiger charge is -2.09. The minimum atomic E-state index is -0.845. The fourth-order valence-electron chi connectivity index (χ4n) is 0.884. The number of aliphatic hydroxyl groups is 1. The van der Waals surface area contributed by atoms with Gasteiger partial charge in [-0.25, -0.2) is 0 Å². The lowest BCUT2D eigenvalue weighted by molar-refractivity contribution is -0.0704. The summed E-state index contributed by atoms with van der Waals surface area (Å²) in [7, 11) is 0. The molecule has 1 saturated heterocycles. The van der Waals surface area contributed by atoms with E-state index in [4.69, 9.17) is 21.0 Å². The number of rotatable bonds is 1. The van der Waals surface area contributed by atoms with Gasteiger partial charge in [0.2, 0.25) is 0 Å². The summed E-state index contributed by atoms with van der Waals surface area (Å²) < 4.78 is 4.76. The number of nitrogens with two attached hydrogens (primary N) is 1. The molecule has 0 aromatic heterocycles. The van der Waals surface area contributed by atoms with Crippen LogP contribution >= 0.6 is 0 Å². The normalized spacial score (nSPS) is 34.8. The second-order valence-corrected chi connectivity index (χ2v) is 2.11. The van der Waals surface area contributed by atoms with Crippen LogP contribution in [0, 0.1) is 11.3 Å². The summed E-state index contributed by atoms with van der Waals surface area (Å²) in [4.78, 5) is 0. The SMILES string of the molecule is N=C(N)C1CCOC1O.